The Morgan fingerprint density at radius 2 is 2.10 bits per heavy atom. The van der Waals surface area contributed by atoms with Gasteiger partial charge in [0.1, 0.15) is 5.82 Å². The van der Waals surface area contributed by atoms with Crippen LogP contribution in [0.15, 0.2) is 23.1 Å². The van der Waals surface area contributed by atoms with Gasteiger partial charge in [-0.15, -0.1) is 0 Å². The summed E-state index contributed by atoms with van der Waals surface area (Å²) in [4.78, 5) is 2.35. The molecule has 1 saturated carbocycles. The van der Waals surface area contributed by atoms with Crippen LogP contribution in [0.5, 0.6) is 0 Å². The predicted octanol–water partition coefficient (Wildman–Crippen LogP) is 1.17. The molecule has 5 nitrogen and oxygen atoms in total. The zero-order valence-corrected chi connectivity index (χ0v) is 12.6. The minimum Gasteiger partial charge on any atom is -0.396 e. The van der Waals surface area contributed by atoms with E-state index in [-0.39, 0.29) is 10.6 Å². The second kappa shape index (κ2) is 5.55. The van der Waals surface area contributed by atoms with Gasteiger partial charge in [-0.25, -0.2) is 17.5 Å². The number of hydrogen-bond donors (Lipinski definition) is 2. The van der Waals surface area contributed by atoms with Crippen molar-refractivity contribution >= 4 is 15.7 Å². The lowest BCUT2D eigenvalue weighted by atomic mass is 10.1. The Morgan fingerprint density at radius 3 is 2.76 bits per heavy atom. The van der Waals surface area contributed by atoms with Gasteiger partial charge in [0.25, 0.3) is 0 Å². The molecular formula is C14H20FN3O2S. The number of nitrogens with zero attached hydrogens (tertiary/aromatic N) is 1. The Balaban J connectivity index is 1.59. The lowest BCUT2D eigenvalue weighted by molar-refractivity contribution is 0.314. The van der Waals surface area contributed by atoms with Crippen molar-refractivity contribution < 1.29 is 12.8 Å². The highest BCUT2D eigenvalue weighted by Gasteiger charge is 2.34. The molecule has 1 heterocycles. The maximum Gasteiger partial charge on any atom is 0.240 e. The lowest BCUT2D eigenvalue weighted by Crippen LogP contribution is -2.31. The van der Waals surface area contributed by atoms with Gasteiger partial charge in [-0.1, -0.05) is 0 Å². The molecule has 3 rings (SSSR count). The van der Waals surface area contributed by atoms with Crippen molar-refractivity contribution in [3.63, 3.8) is 0 Å². The van der Waals surface area contributed by atoms with E-state index in [0.717, 1.165) is 31.6 Å². The highest BCUT2D eigenvalue weighted by Crippen LogP contribution is 2.31. The molecule has 21 heavy (non-hydrogen) atoms. The van der Waals surface area contributed by atoms with Crippen LogP contribution in [-0.4, -0.2) is 39.0 Å². The topological polar surface area (TPSA) is 75.4 Å². The number of nitrogens with one attached hydrogen (secondary N) is 1. The standard InChI is InChI=1S/C14H20FN3O2S/c15-13-7-12(3-4-14(13)16)21(19,20)17-8-10-5-6-18(9-10)11-1-2-11/h3-4,7,10-11,17H,1-2,5-6,8-9,16H2. The maximum absolute atomic E-state index is 13.4. The van der Waals surface area contributed by atoms with Crippen LogP contribution in [0.1, 0.15) is 19.3 Å². The second-order valence-electron chi connectivity index (χ2n) is 5.92. The summed E-state index contributed by atoms with van der Waals surface area (Å²) in [5.41, 5.74) is 5.31. The van der Waals surface area contributed by atoms with Gasteiger partial charge in [-0.2, -0.15) is 0 Å². The summed E-state index contributed by atoms with van der Waals surface area (Å²) >= 11 is 0. The number of halogens is 1. The number of hydrogen-bond acceptors (Lipinski definition) is 4. The van der Waals surface area contributed by atoms with Crippen molar-refractivity contribution in [3.8, 4) is 0 Å². The largest absolute Gasteiger partial charge is 0.396 e. The molecule has 0 spiro atoms. The fourth-order valence-electron chi connectivity index (χ4n) is 2.79. The molecule has 0 amide bonds. The van der Waals surface area contributed by atoms with Gasteiger partial charge in [0, 0.05) is 19.1 Å². The van der Waals surface area contributed by atoms with E-state index in [2.05, 4.69) is 9.62 Å². The first kappa shape index (κ1) is 14.7. The normalized spacial score (nSPS) is 23.6. The summed E-state index contributed by atoms with van der Waals surface area (Å²) in [6.45, 7) is 2.40. The Hall–Kier alpha value is -1.18. The molecule has 0 bridgehead atoms. The minimum absolute atomic E-state index is 0.0511. The Bertz CT molecular complexity index is 631. The molecule has 1 aliphatic carbocycles. The molecule has 116 valence electrons. The van der Waals surface area contributed by atoms with Crippen molar-refractivity contribution in [2.45, 2.75) is 30.2 Å². The maximum atomic E-state index is 13.4. The summed E-state index contributed by atoms with van der Waals surface area (Å²) in [5, 5.41) is 0. The molecule has 0 aromatic heterocycles. The van der Waals surface area contributed by atoms with Crippen molar-refractivity contribution in [3.05, 3.63) is 24.0 Å². The predicted molar refractivity (Wildman–Crippen MR) is 78.7 cm³/mol. The minimum atomic E-state index is -3.67. The van der Waals surface area contributed by atoms with E-state index in [4.69, 9.17) is 5.73 Å². The molecule has 1 atom stereocenters. The highest BCUT2D eigenvalue weighted by atomic mass is 32.2. The fraction of sp³-hybridized carbons (Fsp3) is 0.571. The van der Waals surface area contributed by atoms with E-state index in [1.54, 1.807) is 0 Å². The Labute approximate surface area is 124 Å². The van der Waals surface area contributed by atoms with E-state index in [1.807, 2.05) is 0 Å². The van der Waals surface area contributed by atoms with Crippen molar-refractivity contribution in [2.75, 3.05) is 25.4 Å². The molecule has 1 aromatic carbocycles. The number of nitrogens with two attached hydrogens (primary N) is 1. The van der Waals surface area contributed by atoms with Crippen LogP contribution in [0.3, 0.4) is 0 Å². The van der Waals surface area contributed by atoms with Crippen LogP contribution < -0.4 is 10.5 Å². The second-order valence-corrected chi connectivity index (χ2v) is 7.68. The molecule has 1 unspecified atom stereocenters. The summed E-state index contributed by atoms with van der Waals surface area (Å²) in [7, 11) is -3.67. The molecule has 1 saturated heterocycles. The van der Waals surface area contributed by atoms with E-state index < -0.39 is 15.8 Å². The van der Waals surface area contributed by atoms with Crippen LogP contribution in [0.2, 0.25) is 0 Å². The zero-order chi connectivity index (χ0) is 15.0. The van der Waals surface area contributed by atoms with E-state index in [9.17, 15) is 12.8 Å². The first-order chi connectivity index (χ1) is 9.95. The van der Waals surface area contributed by atoms with Crippen LogP contribution >= 0.6 is 0 Å². The van der Waals surface area contributed by atoms with Gasteiger partial charge in [0.15, 0.2) is 0 Å². The number of nitrogen functional groups attached to an aromatic ring is 1. The first-order valence-corrected chi connectivity index (χ1v) is 8.73. The van der Waals surface area contributed by atoms with E-state index in [1.165, 1.54) is 25.0 Å². The number of anilines is 1. The Morgan fingerprint density at radius 1 is 1.33 bits per heavy atom. The van der Waals surface area contributed by atoms with Crippen molar-refractivity contribution in [1.82, 2.24) is 9.62 Å². The van der Waals surface area contributed by atoms with Gasteiger partial charge >= 0.3 is 0 Å². The molecule has 2 fully saturated rings. The molecule has 1 aromatic rings. The molecule has 7 heteroatoms. The summed E-state index contributed by atoms with van der Waals surface area (Å²) in [6, 6.07) is 4.28. The van der Waals surface area contributed by atoms with Gasteiger partial charge < -0.3 is 10.6 Å². The first-order valence-electron chi connectivity index (χ1n) is 7.24. The van der Waals surface area contributed by atoms with E-state index >= 15 is 0 Å². The zero-order valence-electron chi connectivity index (χ0n) is 11.8. The fourth-order valence-corrected chi connectivity index (χ4v) is 3.91. The van der Waals surface area contributed by atoms with Crippen LogP contribution in [-0.2, 0) is 10.0 Å². The third-order valence-electron chi connectivity index (χ3n) is 4.22. The van der Waals surface area contributed by atoms with Gasteiger partial charge in [-0.05, 0) is 49.9 Å². The number of likely N-dealkylation sites (tertiary alicyclic amines) is 1. The lowest BCUT2D eigenvalue weighted by Gasteiger charge is -2.15. The van der Waals surface area contributed by atoms with Crippen molar-refractivity contribution in [2.24, 2.45) is 5.92 Å². The number of sulfonamides is 1. The highest BCUT2D eigenvalue weighted by molar-refractivity contribution is 7.89. The van der Waals surface area contributed by atoms with Gasteiger partial charge in [0.05, 0.1) is 10.6 Å². The van der Waals surface area contributed by atoms with Crippen LogP contribution in [0.25, 0.3) is 0 Å². The Kier molecular flexibility index (Phi) is 3.90. The third kappa shape index (κ3) is 3.36. The molecule has 1 aliphatic heterocycles. The van der Waals surface area contributed by atoms with Gasteiger partial charge in [0.2, 0.25) is 10.0 Å². The monoisotopic (exact) mass is 313 g/mol. The van der Waals surface area contributed by atoms with E-state index in [0.29, 0.717) is 12.5 Å². The quantitative estimate of drug-likeness (QED) is 0.800. The average Bonchev–Trinajstić information content (AvgIpc) is 3.19. The number of rotatable bonds is 5. The SMILES string of the molecule is Nc1ccc(S(=O)(=O)NCC2CCN(C3CC3)C2)cc1F. The number of benzene rings is 1. The summed E-state index contributed by atoms with van der Waals surface area (Å²) < 4.78 is 40.3. The molecule has 3 N–H and O–H groups in total. The van der Waals surface area contributed by atoms with Crippen LogP contribution in [0, 0.1) is 11.7 Å². The molecule has 2 aliphatic rings. The summed E-state index contributed by atoms with van der Waals surface area (Å²) in [5.74, 6) is -0.377. The summed E-state index contributed by atoms with van der Waals surface area (Å²) in [6.07, 6.45) is 3.54. The third-order valence-corrected chi connectivity index (χ3v) is 5.65. The van der Waals surface area contributed by atoms with Crippen molar-refractivity contribution in [1.29, 1.82) is 0 Å². The van der Waals surface area contributed by atoms with Gasteiger partial charge in [-0.3, -0.25) is 0 Å². The molecule has 0 radical (unpaired) electrons. The van der Waals surface area contributed by atoms with Crippen LogP contribution in [0.4, 0.5) is 10.1 Å². The average molecular weight is 313 g/mol. The molecular weight excluding hydrogens is 293 g/mol. The smallest absolute Gasteiger partial charge is 0.240 e.